The lowest BCUT2D eigenvalue weighted by Gasteiger charge is -2.23. The number of thiazole rings is 1. The molecule has 0 aliphatic carbocycles. The number of aryl methyl sites for hydroxylation is 1. The number of aromatic nitrogens is 1. The molecule has 1 amide bonds. The lowest BCUT2D eigenvalue weighted by atomic mass is 9.95. The summed E-state index contributed by atoms with van der Waals surface area (Å²) in [7, 11) is 1.26. The van der Waals surface area contributed by atoms with Crippen molar-refractivity contribution in [2.45, 2.75) is 32.7 Å². The summed E-state index contributed by atoms with van der Waals surface area (Å²) in [5.74, 6) is -1.02. The number of aliphatic hydroxyl groups is 1. The molecule has 0 saturated carbocycles. The van der Waals surface area contributed by atoms with Crippen molar-refractivity contribution >= 4 is 39.9 Å². The summed E-state index contributed by atoms with van der Waals surface area (Å²) in [6, 6.07) is 21.7. The Morgan fingerprint density at radius 3 is 2.40 bits per heavy atom. The van der Waals surface area contributed by atoms with Crippen LogP contribution in [0.5, 0.6) is 17.2 Å². The van der Waals surface area contributed by atoms with Crippen molar-refractivity contribution in [3.05, 3.63) is 106 Å². The van der Waals surface area contributed by atoms with Crippen molar-refractivity contribution in [1.29, 1.82) is 0 Å². The number of unbranched alkanes of at least 4 members (excludes halogenated alkanes) is 1. The number of amides is 1. The van der Waals surface area contributed by atoms with Crippen LogP contribution in [-0.4, -0.2) is 41.5 Å². The standard InChI is InChI=1S/C33H30N2O7S/c1-4-5-18-41-23-16-14-21(15-17-23)28(36)26-27(22-10-9-13-25(19-22)42-24-11-7-6-8-12-24)35(31(38)29(26)37)33-34-20(2)30(43-33)32(39)40-3/h6-17,19,27,36H,4-5,18H2,1-3H3/t27-/m0/s1. The Morgan fingerprint density at radius 1 is 0.977 bits per heavy atom. The predicted octanol–water partition coefficient (Wildman–Crippen LogP) is 6.84. The van der Waals surface area contributed by atoms with E-state index in [9.17, 15) is 19.5 Å². The third kappa shape index (κ3) is 6.14. The van der Waals surface area contributed by atoms with Crippen LogP contribution in [-0.2, 0) is 14.3 Å². The highest BCUT2D eigenvalue weighted by atomic mass is 32.1. The van der Waals surface area contributed by atoms with Gasteiger partial charge in [-0.3, -0.25) is 14.5 Å². The van der Waals surface area contributed by atoms with Crippen molar-refractivity contribution in [3.8, 4) is 17.2 Å². The number of methoxy groups -OCH3 is 1. The van der Waals surface area contributed by atoms with Gasteiger partial charge in [0.2, 0.25) is 0 Å². The number of carbonyl (C=O) groups excluding carboxylic acids is 3. The summed E-state index contributed by atoms with van der Waals surface area (Å²) >= 11 is 0.937. The lowest BCUT2D eigenvalue weighted by molar-refractivity contribution is -0.132. The normalized spacial score (nSPS) is 15.9. The molecule has 3 aromatic carbocycles. The molecular weight excluding hydrogens is 568 g/mol. The van der Waals surface area contributed by atoms with E-state index >= 15 is 0 Å². The summed E-state index contributed by atoms with van der Waals surface area (Å²) < 4.78 is 16.6. The van der Waals surface area contributed by atoms with E-state index in [4.69, 9.17) is 14.2 Å². The third-order valence-electron chi connectivity index (χ3n) is 6.85. The Labute approximate surface area is 253 Å². The fraction of sp³-hybridized carbons (Fsp3) is 0.212. The van der Waals surface area contributed by atoms with Gasteiger partial charge in [-0.15, -0.1) is 0 Å². The number of esters is 1. The quantitative estimate of drug-likeness (QED) is 0.0694. The molecule has 4 aromatic rings. The molecule has 1 atom stereocenters. The summed E-state index contributed by atoms with van der Waals surface area (Å²) in [6.45, 7) is 4.26. The number of hydrogen-bond donors (Lipinski definition) is 1. The van der Waals surface area contributed by atoms with E-state index in [2.05, 4.69) is 11.9 Å². The molecule has 220 valence electrons. The maximum Gasteiger partial charge on any atom is 0.350 e. The lowest BCUT2D eigenvalue weighted by Crippen LogP contribution is -2.29. The minimum absolute atomic E-state index is 0.117. The molecule has 1 aliphatic rings. The van der Waals surface area contributed by atoms with Gasteiger partial charge in [-0.25, -0.2) is 9.78 Å². The van der Waals surface area contributed by atoms with Crippen molar-refractivity contribution in [2.75, 3.05) is 18.6 Å². The van der Waals surface area contributed by atoms with Gasteiger partial charge in [0, 0.05) is 5.56 Å². The summed E-state index contributed by atoms with van der Waals surface area (Å²) in [5.41, 5.74) is 1.08. The number of Topliss-reactive ketones (excluding diaryl/α,β-unsaturated/α-hetero) is 1. The maximum absolute atomic E-state index is 13.6. The highest BCUT2D eigenvalue weighted by Gasteiger charge is 2.48. The molecule has 10 heteroatoms. The minimum atomic E-state index is -1.06. The number of para-hydroxylation sites is 1. The van der Waals surface area contributed by atoms with Crippen LogP contribution in [0, 0.1) is 6.92 Å². The Hall–Kier alpha value is -4.96. The van der Waals surface area contributed by atoms with E-state index in [1.165, 1.54) is 12.0 Å². The monoisotopic (exact) mass is 598 g/mol. The molecule has 0 unspecified atom stereocenters. The molecule has 1 saturated heterocycles. The minimum Gasteiger partial charge on any atom is -0.507 e. The number of aliphatic hydroxyl groups excluding tert-OH is 1. The van der Waals surface area contributed by atoms with Crippen molar-refractivity contribution in [3.63, 3.8) is 0 Å². The molecule has 9 nitrogen and oxygen atoms in total. The van der Waals surface area contributed by atoms with Crippen LogP contribution >= 0.6 is 11.3 Å². The molecular formula is C33H30N2O7S. The van der Waals surface area contributed by atoms with Gasteiger partial charge in [0.15, 0.2) is 5.13 Å². The number of hydrogen-bond acceptors (Lipinski definition) is 9. The van der Waals surface area contributed by atoms with Gasteiger partial charge in [0.1, 0.15) is 27.9 Å². The van der Waals surface area contributed by atoms with E-state index < -0.39 is 23.7 Å². The first-order valence-corrected chi connectivity index (χ1v) is 14.6. The number of carbonyl (C=O) groups is 3. The summed E-state index contributed by atoms with van der Waals surface area (Å²) in [5, 5.41) is 11.6. The van der Waals surface area contributed by atoms with Gasteiger partial charge in [0.25, 0.3) is 5.78 Å². The summed E-state index contributed by atoms with van der Waals surface area (Å²) in [6.07, 6.45) is 1.91. The molecule has 0 bridgehead atoms. The van der Waals surface area contributed by atoms with E-state index in [1.807, 2.05) is 18.2 Å². The molecule has 1 fully saturated rings. The van der Waals surface area contributed by atoms with Gasteiger partial charge in [-0.05, 0) is 67.4 Å². The van der Waals surface area contributed by atoms with E-state index in [0.29, 0.717) is 40.7 Å². The number of nitrogens with zero attached hydrogens (tertiary/aromatic N) is 2. The summed E-state index contributed by atoms with van der Waals surface area (Å²) in [4.78, 5) is 45.4. The molecule has 0 radical (unpaired) electrons. The Bertz CT molecular complexity index is 1680. The number of ether oxygens (including phenoxy) is 3. The first-order chi connectivity index (χ1) is 20.8. The van der Waals surface area contributed by atoms with Crippen LogP contribution in [0.25, 0.3) is 5.76 Å². The van der Waals surface area contributed by atoms with Crippen LogP contribution in [0.15, 0.2) is 84.4 Å². The van der Waals surface area contributed by atoms with E-state index in [-0.39, 0.29) is 21.3 Å². The van der Waals surface area contributed by atoms with E-state index in [1.54, 1.807) is 67.6 Å². The largest absolute Gasteiger partial charge is 0.507 e. The van der Waals surface area contributed by atoms with Crippen LogP contribution in [0.1, 0.15) is 52.3 Å². The topological polar surface area (TPSA) is 115 Å². The van der Waals surface area contributed by atoms with Crippen molar-refractivity contribution in [1.82, 2.24) is 4.98 Å². The van der Waals surface area contributed by atoms with Gasteiger partial charge >= 0.3 is 11.9 Å². The zero-order valence-corrected chi connectivity index (χ0v) is 24.7. The Morgan fingerprint density at radius 2 is 1.70 bits per heavy atom. The maximum atomic E-state index is 13.6. The highest BCUT2D eigenvalue weighted by Crippen LogP contribution is 2.44. The van der Waals surface area contributed by atoms with Gasteiger partial charge < -0.3 is 19.3 Å². The fourth-order valence-electron chi connectivity index (χ4n) is 4.68. The predicted molar refractivity (Wildman–Crippen MR) is 163 cm³/mol. The molecule has 5 rings (SSSR count). The van der Waals surface area contributed by atoms with Crippen molar-refractivity contribution in [2.24, 2.45) is 0 Å². The molecule has 43 heavy (non-hydrogen) atoms. The van der Waals surface area contributed by atoms with Crippen LogP contribution < -0.4 is 14.4 Å². The number of benzene rings is 3. The molecule has 0 spiro atoms. The van der Waals surface area contributed by atoms with Gasteiger partial charge in [-0.2, -0.15) is 0 Å². The molecule has 1 aliphatic heterocycles. The second-order valence-electron chi connectivity index (χ2n) is 9.79. The first-order valence-electron chi connectivity index (χ1n) is 13.7. The Balaban J connectivity index is 1.61. The third-order valence-corrected chi connectivity index (χ3v) is 7.99. The zero-order valence-electron chi connectivity index (χ0n) is 23.9. The highest BCUT2D eigenvalue weighted by molar-refractivity contribution is 7.17. The van der Waals surface area contributed by atoms with E-state index in [0.717, 1.165) is 24.2 Å². The molecule has 2 heterocycles. The molecule has 1 aromatic heterocycles. The second-order valence-corrected chi connectivity index (χ2v) is 10.8. The van der Waals surface area contributed by atoms with Crippen molar-refractivity contribution < 1.29 is 33.7 Å². The average molecular weight is 599 g/mol. The van der Waals surface area contributed by atoms with Gasteiger partial charge in [0.05, 0.1) is 31.0 Å². The number of anilines is 1. The number of ketones is 1. The van der Waals surface area contributed by atoms with Crippen LogP contribution in [0.4, 0.5) is 5.13 Å². The van der Waals surface area contributed by atoms with Crippen LogP contribution in [0.3, 0.4) is 0 Å². The first kappa shape index (κ1) is 29.5. The average Bonchev–Trinajstić information content (AvgIpc) is 3.53. The Kier molecular flexibility index (Phi) is 8.87. The SMILES string of the molecule is CCCCOc1ccc(C(O)=C2C(=O)C(=O)N(c3nc(C)c(C(=O)OC)s3)[C@H]2c2cccc(Oc3ccccc3)c2)cc1. The smallest absolute Gasteiger partial charge is 0.350 e. The van der Waals surface area contributed by atoms with Crippen LogP contribution in [0.2, 0.25) is 0 Å². The second kappa shape index (κ2) is 12.9. The van der Waals surface area contributed by atoms with Gasteiger partial charge in [-0.1, -0.05) is 55.0 Å². The molecule has 1 N–H and O–H groups in total. The number of rotatable bonds is 10. The zero-order chi connectivity index (χ0) is 30.5. The fourth-order valence-corrected chi connectivity index (χ4v) is 5.70.